The minimum atomic E-state index is -0.311. The van der Waals surface area contributed by atoms with E-state index in [4.69, 9.17) is 5.73 Å². The van der Waals surface area contributed by atoms with E-state index in [0.29, 0.717) is 0 Å². The van der Waals surface area contributed by atoms with Crippen molar-refractivity contribution in [2.24, 2.45) is 11.7 Å². The van der Waals surface area contributed by atoms with Gasteiger partial charge in [-0.2, -0.15) is 25.3 Å². The number of hydrogen-bond acceptors (Lipinski definition) is 3. The second kappa shape index (κ2) is 4.93. The topological polar surface area (TPSA) is 43.1 Å². The smallest absolute Gasteiger partial charge is 0.222 e. The van der Waals surface area contributed by atoms with Gasteiger partial charge in [-0.3, -0.25) is 4.79 Å². The van der Waals surface area contributed by atoms with Crippen LogP contribution in [-0.2, 0) is 4.79 Å². The van der Waals surface area contributed by atoms with Crippen LogP contribution in [0.25, 0.3) is 0 Å². The molecule has 0 saturated carbocycles. The first-order valence-electron chi connectivity index (χ1n) is 3.66. The number of carbonyl (C=O) groups excluding carboxylic acids is 1. The van der Waals surface area contributed by atoms with Crippen LogP contribution in [0.2, 0.25) is 0 Å². The average Bonchev–Trinajstić information content (AvgIpc) is 1.85. The van der Waals surface area contributed by atoms with Crippen molar-refractivity contribution < 1.29 is 4.79 Å². The lowest BCUT2D eigenvalue weighted by Crippen LogP contribution is -2.36. The predicted molar refractivity (Wildman–Crippen MR) is 54.2 cm³/mol. The van der Waals surface area contributed by atoms with Crippen molar-refractivity contribution in [3.63, 3.8) is 0 Å². The molecule has 66 valence electrons. The van der Waals surface area contributed by atoms with E-state index in [9.17, 15) is 4.79 Å². The van der Waals surface area contributed by atoms with E-state index in [-0.39, 0.29) is 22.3 Å². The van der Waals surface area contributed by atoms with E-state index in [1.807, 2.05) is 13.8 Å². The summed E-state index contributed by atoms with van der Waals surface area (Å²) in [6, 6.07) is 0. The average molecular weight is 193 g/mol. The second-order valence-corrected chi connectivity index (χ2v) is 4.12. The molecule has 0 aliphatic carbocycles. The summed E-state index contributed by atoms with van der Waals surface area (Å²) >= 11 is 8.43. The lowest BCUT2D eigenvalue weighted by molar-refractivity contribution is -0.121. The van der Waals surface area contributed by atoms with Gasteiger partial charge in [0.15, 0.2) is 0 Å². The van der Waals surface area contributed by atoms with Crippen LogP contribution in [0.5, 0.6) is 0 Å². The second-order valence-electron chi connectivity index (χ2n) is 2.64. The number of hydrogen-bond donors (Lipinski definition) is 3. The minimum absolute atomic E-state index is 0.0186. The van der Waals surface area contributed by atoms with Crippen LogP contribution < -0.4 is 5.73 Å². The Hall–Kier alpha value is 0.170. The molecule has 0 aliphatic rings. The van der Waals surface area contributed by atoms with E-state index in [2.05, 4.69) is 25.3 Å². The quantitative estimate of drug-likeness (QED) is 0.575. The van der Waals surface area contributed by atoms with Crippen molar-refractivity contribution in [1.82, 2.24) is 0 Å². The first kappa shape index (κ1) is 11.2. The molecule has 3 atom stereocenters. The van der Waals surface area contributed by atoms with Gasteiger partial charge in [-0.1, -0.05) is 13.8 Å². The van der Waals surface area contributed by atoms with Gasteiger partial charge in [0.25, 0.3) is 0 Å². The third-order valence-electron chi connectivity index (χ3n) is 1.68. The van der Waals surface area contributed by atoms with Gasteiger partial charge in [0.05, 0.1) is 5.92 Å². The van der Waals surface area contributed by atoms with Gasteiger partial charge in [-0.05, 0) is 6.42 Å². The molecule has 0 fully saturated rings. The summed E-state index contributed by atoms with van der Waals surface area (Å²) in [5, 5.41) is 0.00921. The molecule has 4 heteroatoms. The molecule has 0 heterocycles. The first-order chi connectivity index (χ1) is 5.00. The SMILES string of the molecule is CCC(S)C(C(N)=O)C(C)S. The third-order valence-corrected chi connectivity index (χ3v) is 2.69. The van der Waals surface area contributed by atoms with Crippen LogP contribution in [0.1, 0.15) is 20.3 Å². The zero-order valence-electron chi connectivity index (χ0n) is 6.82. The van der Waals surface area contributed by atoms with E-state index in [1.165, 1.54) is 0 Å². The number of amides is 1. The zero-order valence-corrected chi connectivity index (χ0v) is 8.61. The predicted octanol–water partition coefficient (Wildman–Crippen LogP) is 1.11. The largest absolute Gasteiger partial charge is 0.369 e. The number of nitrogens with two attached hydrogens (primary N) is 1. The molecule has 0 bridgehead atoms. The fraction of sp³-hybridized carbons (Fsp3) is 0.857. The molecule has 2 N–H and O–H groups in total. The van der Waals surface area contributed by atoms with Crippen LogP contribution in [0.3, 0.4) is 0 Å². The van der Waals surface area contributed by atoms with E-state index >= 15 is 0 Å². The van der Waals surface area contributed by atoms with Crippen molar-refractivity contribution in [1.29, 1.82) is 0 Å². The fourth-order valence-electron chi connectivity index (χ4n) is 1.00. The third kappa shape index (κ3) is 3.38. The summed E-state index contributed by atoms with van der Waals surface area (Å²) in [6.45, 7) is 3.83. The van der Waals surface area contributed by atoms with Crippen LogP contribution in [0.15, 0.2) is 0 Å². The summed E-state index contributed by atoms with van der Waals surface area (Å²) < 4.78 is 0. The van der Waals surface area contributed by atoms with Gasteiger partial charge in [-0.15, -0.1) is 0 Å². The molecule has 1 amide bonds. The number of primary amides is 1. The summed E-state index contributed by atoms with van der Waals surface area (Å²) in [6.07, 6.45) is 0.835. The van der Waals surface area contributed by atoms with Gasteiger partial charge in [0.2, 0.25) is 5.91 Å². The van der Waals surface area contributed by atoms with Gasteiger partial charge < -0.3 is 5.73 Å². The first-order valence-corrected chi connectivity index (χ1v) is 4.69. The number of carbonyl (C=O) groups is 1. The molecule has 11 heavy (non-hydrogen) atoms. The summed E-state index contributed by atoms with van der Waals surface area (Å²) in [5.41, 5.74) is 5.18. The lowest BCUT2D eigenvalue weighted by Gasteiger charge is -2.21. The molecule has 0 saturated heterocycles. The Morgan fingerprint density at radius 2 is 2.00 bits per heavy atom. The standard InChI is InChI=1S/C7H15NOS2/c1-3-5(11)6(4(2)10)7(8)9/h4-6,10-11H,3H2,1-2H3,(H2,8,9). The molecule has 0 spiro atoms. The maximum Gasteiger partial charge on any atom is 0.222 e. The Morgan fingerprint density at radius 3 is 2.09 bits per heavy atom. The Bertz CT molecular complexity index is 138. The highest BCUT2D eigenvalue weighted by atomic mass is 32.1. The van der Waals surface area contributed by atoms with E-state index in [1.54, 1.807) is 0 Å². The molecule has 0 aromatic rings. The number of rotatable bonds is 4. The van der Waals surface area contributed by atoms with Crippen molar-refractivity contribution >= 4 is 31.2 Å². The van der Waals surface area contributed by atoms with Gasteiger partial charge in [0.1, 0.15) is 0 Å². The number of thiol groups is 2. The molecule has 3 unspecified atom stereocenters. The summed E-state index contributed by atoms with van der Waals surface area (Å²) in [4.78, 5) is 10.9. The van der Waals surface area contributed by atoms with Crippen molar-refractivity contribution in [2.75, 3.05) is 0 Å². The van der Waals surface area contributed by atoms with Crippen molar-refractivity contribution in [2.45, 2.75) is 30.8 Å². The summed E-state index contributed by atoms with van der Waals surface area (Å²) in [5.74, 6) is -0.541. The molecule has 0 radical (unpaired) electrons. The Morgan fingerprint density at radius 1 is 1.55 bits per heavy atom. The normalized spacial score (nSPS) is 18.9. The highest BCUT2D eigenvalue weighted by Crippen LogP contribution is 2.20. The lowest BCUT2D eigenvalue weighted by atomic mass is 9.99. The fourth-order valence-corrected chi connectivity index (χ4v) is 1.90. The van der Waals surface area contributed by atoms with Crippen LogP contribution in [0.4, 0.5) is 0 Å². The zero-order chi connectivity index (χ0) is 9.02. The molecule has 0 rings (SSSR count). The molecule has 0 aromatic carbocycles. The highest BCUT2D eigenvalue weighted by molar-refractivity contribution is 7.82. The maximum absolute atomic E-state index is 10.9. The molecular weight excluding hydrogens is 178 g/mol. The van der Waals surface area contributed by atoms with Crippen molar-refractivity contribution in [3.8, 4) is 0 Å². The Kier molecular flexibility index (Phi) is 5.01. The van der Waals surface area contributed by atoms with Gasteiger partial charge in [0, 0.05) is 10.5 Å². The van der Waals surface area contributed by atoms with Gasteiger partial charge in [-0.25, -0.2) is 0 Å². The molecule has 0 aliphatic heterocycles. The maximum atomic E-state index is 10.9. The van der Waals surface area contributed by atoms with Crippen LogP contribution in [0, 0.1) is 5.92 Å². The van der Waals surface area contributed by atoms with E-state index < -0.39 is 0 Å². The monoisotopic (exact) mass is 193 g/mol. The summed E-state index contributed by atoms with van der Waals surface area (Å²) in [7, 11) is 0. The van der Waals surface area contributed by atoms with Gasteiger partial charge >= 0.3 is 0 Å². The van der Waals surface area contributed by atoms with Crippen LogP contribution in [-0.4, -0.2) is 16.4 Å². The molecule has 0 aromatic heterocycles. The highest BCUT2D eigenvalue weighted by Gasteiger charge is 2.25. The Balaban J connectivity index is 4.21. The Labute approximate surface area is 78.7 Å². The van der Waals surface area contributed by atoms with Crippen molar-refractivity contribution in [3.05, 3.63) is 0 Å². The molecule has 2 nitrogen and oxygen atoms in total. The minimum Gasteiger partial charge on any atom is -0.369 e. The van der Waals surface area contributed by atoms with Crippen LogP contribution >= 0.6 is 25.3 Å². The van der Waals surface area contributed by atoms with E-state index in [0.717, 1.165) is 6.42 Å². The molecular formula is C7H15NOS2.